The number of nitrogens with zero attached hydrogens (tertiary/aromatic N) is 5. The van der Waals surface area contributed by atoms with Crippen LogP contribution in [0.15, 0.2) is 72.4 Å². The van der Waals surface area contributed by atoms with Crippen molar-refractivity contribution in [2.45, 2.75) is 19.0 Å². The molecule has 0 radical (unpaired) electrons. The summed E-state index contributed by atoms with van der Waals surface area (Å²) in [5.74, 6) is 0.776. The molecule has 0 spiro atoms. The predicted molar refractivity (Wildman–Crippen MR) is 118 cm³/mol. The highest BCUT2D eigenvalue weighted by atomic mass is 32.2. The van der Waals surface area contributed by atoms with Gasteiger partial charge in [-0.2, -0.15) is 0 Å². The van der Waals surface area contributed by atoms with Crippen molar-refractivity contribution < 1.29 is 4.79 Å². The third-order valence-corrected chi connectivity index (χ3v) is 5.53. The van der Waals surface area contributed by atoms with Gasteiger partial charge < -0.3 is 5.32 Å². The SMILES string of the molecule is Cc1ccc(-n2c(SCC(=O)Nc3cccnc3)nnc2-c2ccncc2)cc1C. The smallest absolute Gasteiger partial charge is 0.234 e. The van der Waals surface area contributed by atoms with Crippen LogP contribution in [0.3, 0.4) is 0 Å². The zero-order valence-electron chi connectivity index (χ0n) is 16.6. The van der Waals surface area contributed by atoms with Crippen molar-refractivity contribution in [1.29, 1.82) is 0 Å². The lowest BCUT2D eigenvalue weighted by Gasteiger charge is -2.12. The number of thioether (sulfide) groups is 1. The number of anilines is 1. The normalized spacial score (nSPS) is 10.7. The average molecular weight is 417 g/mol. The second-order valence-electron chi connectivity index (χ2n) is 6.72. The maximum absolute atomic E-state index is 12.4. The molecule has 0 fully saturated rings. The summed E-state index contributed by atoms with van der Waals surface area (Å²) in [6.45, 7) is 4.15. The molecule has 150 valence electrons. The van der Waals surface area contributed by atoms with Crippen molar-refractivity contribution in [3.63, 3.8) is 0 Å². The molecular formula is C22H20N6OS. The van der Waals surface area contributed by atoms with E-state index in [0.29, 0.717) is 16.7 Å². The van der Waals surface area contributed by atoms with Gasteiger partial charge in [0.2, 0.25) is 5.91 Å². The maximum atomic E-state index is 12.4. The van der Waals surface area contributed by atoms with Crippen molar-refractivity contribution >= 4 is 23.4 Å². The fraction of sp³-hybridized carbons (Fsp3) is 0.136. The van der Waals surface area contributed by atoms with Gasteiger partial charge in [0.25, 0.3) is 0 Å². The van der Waals surface area contributed by atoms with Crippen molar-refractivity contribution in [3.8, 4) is 17.1 Å². The Morgan fingerprint density at radius 2 is 1.83 bits per heavy atom. The molecule has 4 aromatic rings. The van der Waals surface area contributed by atoms with Gasteiger partial charge in [0.05, 0.1) is 23.3 Å². The zero-order chi connectivity index (χ0) is 20.9. The monoisotopic (exact) mass is 416 g/mol. The fourth-order valence-corrected chi connectivity index (χ4v) is 3.66. The van der Waals surface area contributed by atoms with Crippen LogP contribution < -0.4 is 5.32 Å². The number of amides is 1. The standard InChI is InChI=1S/C22H20N6OS/c1-15-5-6-19(12-16(15)2)28-21(17-7-10-23-11-8-17)26-27-22(28)30-14-20(29)25-18-4-3-9-24-13-18/h3-13H,14H2,1-2H3,(H,25,29). The molecule has 1 amide bonds. The Kier molecular flexibility index (Phi) is 5.85. The van der Waals surface area contributed by atoms with Crippen molar-refractivity contribution in [1.82, 2.24) is 24.7 Å². The molecule has 0 saturated heterocycles. The van der Waals surface area contributed by atoms with Crippen LogP contribution in [0.5, 0.6) is 0 Å². The summed E-state index contributed by atoms with van der Waals surface area (Å²) in [6.07, 6.45) is 6.73. The molecule has 0 bridgehead atoms. The molecule has 0 aliphatic heterocycles. The fourth-order valence-electron chi connectivity index (χ4n) is 2.91. The molecule has 8 heteroatoms. The molecule has 0 aliphatic carbocycles. The Hall–Kier alpha value is -3.52. The second-order valence-corrected chi connectivity index (χ2v) is 7.67. The number of hydrogen-bond donors (Lipinski definition) is 1. The summed E-state index contributed by atoms with van der Waals surface area (Å²) >= 11 is 1.34. The van der Waals surface area contributed by atoms with Crippen molar-refractivity contribution in [2.75, 3.05) is 11.1 Å². The van der Waals surface area contributed by atoms with E-state index in [0.717, 1.165) is 11.3 Å². The van der Waals surface area contributed by atoms with Crippen molar-refractivity contribution in [3.05, 3.63) is 78.4 Å². The summed E-state index contributed by atoms with van der Waals surface area (Å²) < 4.78 is 1.98. The lowest BCUT2D eigenvalue weighted by Crippen LogP contribution is -2.14. The van der Waals surface area contributed by atoms with Crippen LogP contribution >= 0.6 is 11.8 Å². The van der Waals surface area contributed by atoms with Gasteiger partial charge in [-0.1, -0.05) is 17.8 Å². The van der Waals surface area contributed by atoms with E-state index in [9.17, 15) is 4.79 Å². The molecule has 0 unspecified atom stereocenters. The zero-order valence-corrected chi connectivity index (χ0v) is 17.4. The highest BCUT2D eigenvalue weighted by molar-refractivity contribution is 7.99. The van der Waals surface area contributed by atoms with Crippen LogP contribution in [0.2, 0.25) is 0 Å². The lowest BCUT2D eigenvalue weighted by molar-refractivity contribution is -0.113. The van der Waals surface area contributed by atoms with E-state index in [4.69, 9.17) is 0 Å². The first-order valence-corrected chi connectivity index (χ1v) is 10.4. The molecule has 7 nitrogen and oxygen atoms in total. The minimum absolute atomic E-state index is 0.131. The summed E-state index contributed by atoms with van der Waals surface area (Å²) in [7, 11) is 0. The molecule has 1 N–H and O–H groups in total. The first-order valence-electron chi connectivity index (χ1n) is 9.38. The Morgan fingerprint density at radius 1 is 1.00 bits per heavy atom. The van der Waals surface area contributed by atoms with Crippen molar-refractivity contribution in [2.24, 2.45) is 0 Å². The number of hydrogen-bond acceptors (Lipinski definition) is 6. The Labute approximate surface area is 178 Å². The first-order chi connectivity index (χ1) is 14.6. The topological polar surface area (TPSA) is 85.6 Å². The Balaban J connectivity index is 1.63. The van der Waals surface area contributed by atoms with E-state index in [1.807, 2.05) is 22.8 Å². The number of aryl methyl sites for hydroxylation is 2. The molecule has 3 heterocycles. The number of aromatic nitrogens is 5. The van der Waals surface area contributed by atoms with Gasteiger partial charge in [-0.25, -0.2) is 0 Å². The third-order valence-electron chi connectivity index (χ3n) is 4.60. The maximum Gasteiger partial charge on any atom is 0.234 e. The van der Waals surface area contributed by atoms with Crippen LogP contribution in [-0.2, 0) is 4.79 Å². The van der Waals surface area contributed by atoms with E-state index >= 15 is 0 Å². The van der Waals surface area contributed by atoms with Crippen LogP contribution in [0.4, 0.5) is 5.69 Å². The summed E-state index contributed by atoms with van der Waals surface area (Å²) in [4.78, 5) is 20.5. The van der Waals surface area contributed by atoms with Gasteiger partial charge in [0.15, 0.2) is 11.0 Å². The molecule has 1 aromatic carbocycles. The number of pyridine rings is 2. The summed E-state index contributed by atoms with van der Waals surface area (Å²) in [5, 5.41) is 12.2. The van der Waals surface area contributed by atoms with E-state index < -0.39 is 0 Å². The average Bonchev–Trinajstić information content (AvgIpc) is 3.19. The van der Waals surface area contributed by atoms with Crippen LogP contribution in [0.25, 0.3) is 17.1 Å². The highest BCUT2D eigenvalue weighted by Crippen LogP contribution is 2.28. The molecule has 0 saturated carbocycles. The van der Waals surface area contributed by atoms with Crippen LogP contribution in [0, 0.1) is 13.8 Å². The molecule has 30 heavy (non-hydrogen) atoms. The lowest BCUT2D eigenvalue weighted by atomic mass is 10.1. The molecular weight excluding hydrogens is 396 g/mol. The minimum Gasteiger partial charge on any atom is -0.324 e. The van der Waals surface area contributed by atoms with Crippen LogP contribution in [0.1, 0.15) is 11.1 Å². The van der Waals surface area contributed by atoms with E-state index in [1.54, 1.807) is 36.9 Å². The molecule has 0 atom stereocenters. The van der Waals surface area contributed by atoms with Gasteiger partial charge in [-0.05, 0) is 61.4 Å². The minimum atomic E-state index is -0.131. The number of rotatable bonds is 6. The van der Waals surface area contributed by atoms with Gasteiger partial charge in [-0.15, -0.1) is 10.2 Å². The molecule has 0 aliphatic rings. The second kappa shape index (κ2) is 8.87. The van der Waals surface area contributed by atoms with Gasteiger partial charge >= 0.3 is 0 Å². The largest absolute Gasteiger partial charge is 0.324 e. The molecule has 3 aromatic heterocycles. The number of carbonyl (C=O) groups excluding carboxylic acids is 1. The number of benzene rings is 1. The van der Waals surface area contributed by atoms with E-state index in [1.165, 1.54) is 22.9 Å². The third kappa shape index (κ3) is 4.38. The highest BCUT2D eigenvalue weighted by Gasteiger charge is 2.17. The van der Waals surface area contributed by atoms with Gasteiger partial charge in [-0.3, -0.25) is 19.3 Å². The molecule has 4 rings (SSSR count). The summed E-state index contributed by atoms with van der Waals surface area (Å²) in [5.41, 5.74) is 4.90. The van der Waals surface area contributed by atoms with Gasteiger partial charge in [0, 0.05) is 24.2 Å². The van der Waals surface area contributed by atoms with E-state index in [2.05, 4.69) is 51.5 Å². The number of carbonyl (C=O) groups is 1. The van der Waals surface area contributed by atoms with Crippen LogP contribution in [-0.4, -0.2) is 36.4 Å². The quantitative estimate of drug-likeness (QED) is 0.477. The Bertz CT molecular complexity index is 1160. The van der Waals surface area contributed by atoms with E-state index in [-0.39, 0.29) is 11.7 Å². The summed E-state index contributed by atoms with van der Waals surface area (Å²) in [6, 6.07) is 13.6. The predicted octanol–water partition coefficient (Wildman–Crippen LogP) is 4.07. The Morgan fingerprint density at radius 3 is 2.57 bits per heavy atom. The van der Waals surface area contributed by atoms with Gasteiger partial charge in [0.1, 0.15) is 0 Å². The first kappa shape index (κ1) is 19.8. The number of nitrogens with one attached hydrogen (secondary N) is 1.